The SMILES string of the molecule is C[C@@H]1C[C@@H]2C[C@H](C1)C[C@@H](N1[C@@H]3CCC[C@H]1C[C@@H](n1c(=O)c(N4CC=C(P(C)(C)=O)CC4)nc4ccccc41)C3)C2. The first-order valence-electron chi connectivity index (χ1n) is 16.0. The Balaban J connectivity index is 1.20. The highest BCUT2D eigenvalue weighted by Gasteiger charge is 2.46. The molecule has 0 amide bonds. The summed E-state index contributed by atoms with van der Waals surface area (Å²) in [5.41, 5.74) is 1.95. The Morgan fingerprint density at radius 2 is 1.57 bits per heavy atom. The molecule has 0 N–H and O–H groups in total. The minimum absolute atomic E-state index is 0.0597. The van der Waals surface area contributed by atoms with Crippen molar-refractivity contribution in [3.8, 4) is 0 Å². The van der Waals surface area contributed by atoms with Crippen LogP contribution in [0.1, 0.15) is 83.6 Å². The third-order valence-corrected chi connectivity index (χ3v) is 12.9. The number of fused-ring (bicyclic) bond motifs is 5. The highest BCUT2D eigenvalue weighted by Crippen LogP contribution is 2.50. The van der Waals surface area contributed by atoms with Crippen LogP contribution in [0.5, 0.6) is 0 Å². The second kappa shape index (κ2) is 10.4. The standard InChI is InChI=1S/C33H47N4O2P/c1-22-15-23-17-24(16-22)19-27(18-23)36-25-7-6-8-26(36)21-28(20-25)37-31-10-5-4-9-30(31)34-32(33(37)38)35-13-11-29(12-14-35)40(2,3)39/h4-5,9-11,22-28H,6-8,12-21H2,1-3H3/t22-,23-,24+,25-,26+,27+,28+. The average Bonchev–Trinajstić information content (AvgIpc) is 2.91. The van der Waals surface area contributed by atoms with Gasteiger partial charge in [-0.25, -0.2) is 4.98 Å². The molecule has 0 radical (unpaired) electrons. The van der Waals surface area contributed by atoms with Crippen molar-refractivity contribution in [1.29, 1.82) is 0 Å². The molecule has 7 heteroatoms. The fourth-order valence-electron chi connectivity index (χ4n) is 9.64. The molecule has 40 heavy (non-hydrogen) atoms. The van der Waals surface area contributed by atoms with E-state index in [1.807, 2.05) is 25.5 Å². The highest BCUT2D eigenvalue weighted by molar-refractivity contribution is 7.66. The fraction of sp³-hybridized carbons (Fsp3) is 0.697. The Labute approximate surface area is 239 Å². The number of aromatic nitrogens is 2. The first-order chi connectivity index (χ1) is 19.2. The van der Waals surface area contributed by atoms with E-state index in [0.717, 1.165) is 59.4 Å². The second-order valence-corrected chi connectivity index (χ2v) is 17.6. The van der Waals surface area contributed by atoms with Crippen LogP contribution in [0.15, 0.2) is 40.5 Å². The predicted molar refractivity (Wildman–Crippen MR) is 165 cm³/mol. The largest absolute Gasteiger partial charge is 0.348 e. The number of nitrogens with zero attached hydrogens (tertiary/aromatic N) is 4. The van der Waals surface area contributed by atoms with Crippen LogP contribution in [0.2, 0.25) is 0 Å². The summed E-state index contributed by atoms with van der Waals surface area (Å²) in [5, 5.41) is 1.05. The molecule has 4 fully saturated rings. The van der Waals surface area contributed by atoms with E-state index < -0.39 is 7.14 Å². The fourth-order valence-corrected chi connectivity index (χ4v) is 10.8. The summed E-state index contributed by atoms with van der Waals surface area (Å²) in [4.78, 5) is 24.3. The molecule has 216 valence electrons. The first-order valence-corrected chi connectivity index (χ1v) is 18.6. The summed E-state index contributed by atoms with van der Waals surface area (Å²) in [7, 11) is -2.25. The zero-order chi connectivity index (χ0) is 27.6. The molecule has 4 bridgehead atoms. The summed E-state index contributed by atoms with van der Waals surface area (Å²) < 4.78 is 14.8. The summed E-state index contributed by atoms with van der Waals surface area (Å²) >= 11 is 0. The minimum Gasteiger partial charge on any atom is -0.348 e. The maximum Gasteiger partial charge on any atom is 0.294 e. The van der Waals surface area contributed by atoms with Crippen LogP contribution in [0.3, 0.4) is 0 Å². The molecule has 2 aliphatic carbocycles. The predicted octanol–water partition coefficient (Wildman–Crippen LogP) is 6.89. The van der Waals surface area contributed by atoms with Crippen molar-refractivity contribution in [3.05, 3.63) is 46.0 Å². The van der Waals surface area contributed by atoms with Gasteiger partial charge in [-0.1, -0.05) is 31.6 Å². The van der Waals surface area contributed by atoms with E-state index in [1.165, 1.54) is 51.4 Å². The minimum atomic E-state index is -2.25. The van der Waals surface area contributed by atoms with Crippen molar-refractivity contribution < 1.29 is 4.57 Å². The average molecular weight is 563 g/mol. The van der Waals surface area contributed by atoms with Crippen molar-refractivity contribution >= 4 is 24.0 Å². The Bertz CT molecular complexity index is 1380. The number of rotatable bonds is 4. The zero-order valence-corrected chi connectivity index (χ0v) is 25.6. The van der Waals surface area contributed by atoms with Gasteiger partial charge in [0.15, 0.2) is 5.82 Å². The van der Waals surface area contributed by atoms with Gasteiger partial charge in [0, 0.05) is 37.3 Å². The number of benzene rings is 1. The molecule has 0 unspecified atom stereocenters. The Hall–Kier alpha value is -1.91. The second-order valence-electron chi connectivity index (χ2n) is 14.3. The third kappa shape index (κ3) is 4.91. The van der Waals surface area contributed by atoms with Crippen LogP contribution in [0, 0.1) is 17.8 Å². The molecule has 1 aromatic carbocycles. The number of hydrogen-bond donors (Lipinski definition) is 0. The third-order valence-electron chi connectivity index (χ3n) is 11.1. The van der Waals surface area contributed by atoms with E-state index in [-0.39, 0.29) is 11.6 Å². The maximum absolute atomic E-state index is 14.3. The lowest BCUT2D eigenvalue weighted by molar-refractivity contribution is -0.0524. The molecule has 1 aromatic heterocycles. The van der Waals surface area contributed by atoms with E-state index in [9.17, 15) is 9.36 Å². The molecule has 0 spiro atoms. The van der Waals surface area contributed by atoms with Gasteiger partial charge in [0.05, 0.1) is 11.0 Å². The van der Waals surface area contributed by atoms with Crippen LogP contribution >= 0.6 is 7.14 Å². The lowest BCUT2D eigenvalue weighted by atomic mass is 9.65. The van der Waals surface area contributed by atoms with E-state index in [2.05, 4.69) is 39.5 Å². The van der Waals surface area contributed by atoms with Gasteiger partial charge in [0.2, 0.25) is 0 Å². The maximum atomic E-state index is 14.3. The molecule has 2 saturated heterocycles. The van der Waals surface area contributed by atoms with Gasteiger partial charge in [-0.3, -0.25) is 9.69 Å². The Morgan fingerprint density at radius 1 is 0.875 bits per heavy atom. The van der Waals surface area contributed by atoms with Crippen LogP contribution in [0.25, 0.3) is 11.0 Å². The highest BCUT2D eigenvalue weighted by atomic mass is 31.2. The van der Waals surface area contributed by atoms with Crippen molar-refractivity contribution in [3.63, 3.8) is 0 Å². The molecule has 2 saturated carbocycles. The van der Waals surface area contributed by atoms with E-state index in [4.69, 9.17) is 4.98 Å². The van der Waals surface area contributed by atoms with Gasteiger partial charge in [-0.2, -0.15) is 0 Å². The number of piperidine rings is 2. The van der Waals surface area contributed by atoms with E-state index >= 15 is 0 Å². The normalized spacial score (nSPS) is 35.0. The molecule has 7 rings (SSSR count). The Morgan fingerprint density at radius 3 is 2.23 bits per heavy atom. The van der Waals surface area contributed by atoms with Gasteiger partial charge in [0.25, 0.3) is 5.56 Å². The number of hydrogen-bond acceptors (Lipinski definition) is 5. The van der Waals surface area contributed by atoms with Gasteiger partial charge in [-0.15, -0.1) is 0 Å². The molecule has 5 aliphatic rings. The van der Waals surface area contributed by atoms with Crippen molar-refractivity contribution in [2.45, 2.75) is 102 Å². The van der Waals surface area contributed by atoms with Crippen molar-refractivity contribution in [1.82, 2.24) is 14.5 Å². The molecular formula is C33H47N4O2P. The van der Waals surface area contributed by atoms with Gasteiger partial charge >= 0.3 is 0 Å². The van der Waals surface area contributed by atoms with Gasteiger partial charge < -0.3 is 14.0 Å². The van der Waals surface area contributed by atoms with Crippen LogP contribution in [-0.2, 0) is 4.57 Å². The topological polar surface area (TPSA) is 58.4 Å². The monoisotopic (exact) mass is 562 g/mol. The lowest BCUT2D eigenvalue weighted by Crippen LogP contribution is -2.59. The van der Waals surface area contributed by atoms with Crippen LogP contribution in [-0.4, -0.2) is 59.0 Å². The van der Waals surface area contributed by atoms with Crippen LogP contribution in [0.4, 0.5) is 5.82 Å². The van der Waals surface area contributed by atoms with Gasteiger partial charge in [-0.05, 0) is 113 Å². The van der Waals surface area contributed by atoms with E-state index in [1.54, 1.807) is 0 Å². The summed E-state index contributed by atoms with van der Waals surface area (Å²) in [6.45, 7) is 7.46. The molecule has 4 heterocycles. The summed E-state index contributed by atoms with van der Waals surface area (Å²) in [5.74, 6) is 3.33. The van der Waals surface area contributed by atoms with Crippen molar-refractivity contribution in [2.75, 3.05) is 31.3 Å². The smallest absolute Gasteiger partial charge is 0.294 e. The zero-order valence-electron chi connectivity index (χ0n) is 24.7. The molecular weight excluding hydrogens is 515 g/mol. The van der Waals surface area contributed by atoms with Gasteiger partial charge in [0.1, 0.15) is 7.14 Å². The molecule has 6 nitrogen and oxygen atoms in total. The first kappa shape index (κ1) is 27.0. The van der Waals surface area contributed by atoms with E-state index in [0.29, 0.717) is 31.0 Å². The molecule has 7 atom stereocenters. The summed E-state index contributed by atoms with van der Waals surface area (Å²) in [6.07, 6.45) is 16.0. The quantitative estimate of drug-likeness (QED) is 0.380. The number of anilines is 1. The Kier molecular flexibility index (Phi) is 7.02. The number of para-hydroxylation sites is 2. The summed E-state index contributed by atoms with van der Waals surface area (Å²) in [6, 6.07) is 10.4. The lowest BCUT2D eigenvalue weighted by Gasteiger charge is -2.55. The molecule has 2 aromatic rings. The van der Waals surface area contributed by atoms with Crippen molar-refractivity contribution in [2.24, 2.45) is 17.8 Å². The molecule has 3 aliphatic heterocycles. The van der Waals surface area contributed by atoms with Crippen LogP contribution < -0.4 is 10.5 Å².